The fourth-order valence-electron chi connectivity index (χ4n) is 5.46. The van der Waals surface area contributed by atoms with Gasteiger partial charge in [-0.25, -0.2) is 4.68 Å². The Hall–Kier alpha value is -3.14. The number of rotatable bonds is 8. The number of benzene rings is 2. The lowest BCUT2D eigenvalue weighted by Gasteiger charge is -2.36. The second-order valence-corrected chi connectivity index (χ2v) is 10.1. The van der Waals surface area contributed by atoms with Crippen LogP contribution in [0.1, 0.15) is 19.8 Å². The highest BCUT2D eigenvalue weighted by Gasteiger charge is 2.24. The molecule has 1 N–H and O–H groups in total. The number of hydrogen-bond acceptors (Lipinski definition) is 6. The molecule has 2 aliphatic heterocycles. The maximum Gasteiger partial charge on any atom is 0.199 e. The van der Waals surface area contributed by atoms with Crippen LogP contribution in [0, 0.1) is 4.77 Å². The largest absolute Gasteiger partial charge is 0.492 e. The maximum absolute atomic E-state index is 6.00. The molecule has 0 bridgehead atoms. The van der Waals surface area contributed by atoms with Crippen LogP contribution in [0.4, 0.5) is 5.69 Å². The van der Waals surface area contributed by atoms with Crippen LogP contribution in [0.15, 0.2) is 54.7 Å². The third kappa shape index (κ3) is 4.91. The summed E-state index contributed by atoms with van der Waals surface area (Å²) >= 11 is 6.00. The van der Waals surface area contributed by atoms with Crippen molar-refractivity contribution in [1.29, 1.82) is 0 Å². The van der Waals surface area contributed by atoms with Gasteiger partial charge < -0.3 is 19.4 Å². The van der Waals surface area contributed by atoms with Gasteiger partial charge in [0.2, 0.25) is 0 Å². The maximum atomic E-state index is 6.00. The van der Waals surface area contributed by atoms with Crippen LogP contribution >= 0.6 is 12.2 Å². The number of nitrogens with one attached hydrogen (secondary N) is 1. The molecule has 194 valence electrons. The molecule has 2 aromatic heterocycles. The van der Waals surface area contributed by atoms with Crippen molar-refractivity contribution in [2.24, 2.45) is 0 Å². The minimum Gasteiger partial charge on any atom is -0.492 e. The molecule has 0 radical (unpaired) electrons. The average molecular weight is 519 g/mol. The van der Waals surface area contributed by atoms with E-state index in [2.05, 4.69) is 55.7 Å². The number of nitrogens with zero attached hydrogens (tertiary/aromatic N) is 5. The molecule has 2 fully saturated rings. The first kappa shape index (κ1) is 24.2. The third-order valence-corrected chi connectivity index (χ3v) is 7.81. The molecular formula is C28H34N6O2S. The molecule has 4 heterocycles. The smallest absolute Gasteiger partial charge is 0.199 e. The molecule has 9 heteroatoms. The Labute approximate surface area is 222 Å². The van der Waals surface area contributed by atoms with Gasteiger partial charge in [-0.1, -0.05) is 30.3 Å². The fraction of sp³-hybridized carbons (Fsp3) is 0.429. The molecule has 0 unspecified atom stereocenters. The van der Waals surface area contributed by atoms with Gasteiger partial charge in [-0.2, -0.15) is 5.10 Å². The van der Waals surface area contributed by atoms with Gasteiger partial charge in [0.25, 0.3) is 0 Å². The lowest BCUT2D eigenvalue weighted by Crippen LogP contribution is -2.47. The summed E-state index contributed by atoms with van der Waals surface area (Å²) in [6.07, 6.45) is 4.39. The number of ether oxygens (including phenoxy) is 2. The van der Waals surface area contributed by atoms with Crippen molar-refractivity contribution in [2.75, 3.05) is 44.3 Å². The van der Waals surface area contributed by atoms with Gasteiger partial charge in [0.15, 0.2) is 10.6 Å². The lowest BCUT2D eigenvalue weighted by atomic mass is 10.1. The summed E-state index contributed by atoms with van der Waals surface area (Å²) in [5, 5.41) is 6.24. The SMILES string of the molecule is CCOc1ccccc1N1CCN(Cn2nc(-c3c[nH]c4ccccc34)n(C[C@H]3CCCO3)c2=S)CC1. The number of para-hydroxylation sites is 3. The van der Waals surface area contributed by atoms with Crippen molar-refractivity contribution in [3.63, 3.8) is 0 Å². The van der Waals surface area contributed by atoms with Gasteiger partial charge in [-0.05, 0) is 50.2 Å². The predicted octanol–water partition coefficient (Wildman–Crippen LogP) is 4.92. The zero-order valence-electron chi connectivity index (χ0n) is 21.3. The molecule has 0 amide bonds. The zero-order chi connectivity index (χ0) is 25.2. The number of piperazine rings is 1. The molecule has 8 nitrogen and oxygen atoms in total. The molecule has 37 heavy (non-hydrogen) atoms. The molecule has 0 aliphatic carbocycles. The van der Waals surface area contributed by atoms with E-state index in [1.165, 1.54) is 5.69 Å². The summed E-state index contributed by atoms with van der Waals surface area (Å²) < 4.78 is 16.8. The zero-order valence-corrected chi connectivity index (χ0v) is 22.1. The Balaban J connectivity index is 1.24. The van der Waals surface area contributed by atoms with E-state index in [9.17, 15) is 0 Å². The Morgan fingerprint density at radius 1 is 1.08 bits per heavy atom. The second kappa shape index (κ2) is 10.7. The second-order valence-electron chi connectivity index (χ2n) is 9.75. The lowest BCUT2D eigenvalue weighted by molar-refractivity contribution is 0.0966. The van der Waals surface area contributed by atoms with E-state index in [1.54, 1.807) is 0 Å². The minimum atomic E-state index is 0.183. The average Bonchev–Trinajstić information content (AvgIpc) is 3.66. The molecule has 1 atom stereocenters. The Kier molecular flexibility index (Phi) is 6.99. The molecule has 0 saturated carbocycles. The first-order valence-electron chi connectivity index (χ1n) is 13.3. The quantitative estimate of drug-likeness (QED) is 0.334. The topological polar surface area (TPSA) is 63.5 Å². The molecule has 0 spiro atoms. The molecule has 2 aliphatic rings. The Morgan fingerprint density at radius 2 is 1.89 bits per heavy atom. The van der Waals surface area contributed by atoms with Gasteiger partial charge in [0.05, 0.1) is 31.6 Å². The van der Waals surface area contributed by atoms with Crippen molar-refractivity contribution in [3.8, 4) is 17.1 Å². The van der Waals surface area contributed by atoms with Crippen molar-refractivity contribution < 1.29 is 9.47 Å². The Morgan fingerprint density at radius 3 is 2.70 bits per heavy atom. The highest BCUT2D eigenvalue weighted by Crippen LogP contribution is 2.30. The van der Waals surface area contributed by atoms with E-state index < -0.39 is 0 Å². The van der Waals surface area contributed by atoms with Crippen LogP contribution in [0.2, 0.25) is 0 Å². The van der Waals surface area contributed by atoms with E-state index in [-0.39, 0.29) is 6.10 Å². The first-order valence-corrected chi connectivity index (χ1v) is 13.7. The monoisotopic (exact) mass is 518 g/mol. The number of aromatic nitrogens is 4. The normalized spacial score (nSPS) is 18.6. The van der Waals surface area contributed by atoms with Gasteiger partial charge in [-0.3, -0.25) is 9.47 Å². The van der Waals surface area contributed by atoms with E-state index >= 15 is 0 Å². The van der Waals surface area contributed by atoms with Gasteiger partial charge in [0.1, 0.15) is 5.75 Å². The van der Waals surface area contributed by atoms with Crippen LogP contribution < -0.4 is 9.64 Å². The Bertz CT molecular complexity index is 1410. The molecular weight excluding hydrogens is 484 g/mol. The molecule has 4 aromatic rings. The van der Waals surface area contributed by atoms with E-state index in [0.717, 1.165) is 85.0 Å². The van der Waals surface area contributed by atoms with Crippen molar-refractivity contribution >= 4 is 28.8 Å². The third-order valence-electron chi connectivity index (χ3n) is 7.38. The van der Waals surface area contributed by atoms with Gasteiger partial charge in [-0.15, -0.1) is 0 Å². The molecule has 2 saturated heterocycles. The summed E-state index contributed by atoms with van der Waals surface area (Å²) in [5.74, 6) is 1.86. The summed E-state index contributed by atoms with van der Waals surface area (Å²) in [7, 11) is 0. The number of aromatic amines is 1. The number of H-pyrrole nitrogens is 1. The summed E-state index contributed by atoms with van der Waals surface area (Å²) in [6, 6.07) is 16.7. The molecule has 2 aromatic carbocycles. The number of fused-ring (bicyclic) bond motifs is 1. The van der Waals surface area contributed by atoms with E-state index in [1.807, 2.05) is 29.9 Å². The summed E-state index contributed by atoms with van der Waals surface area (Å²) in [6.45, 7) is 8.66. The number of anilines is 1. The van der Waals surface area contributed by atoms with Crippen LogP contribution in [0.25, 0.3) is 22.3 Å². The van der Waals surface area contributed by atoms with Crippen molar-refractivity contribution in [1.82, 2.24) is 24.2 Å². The summed E-state index contributed by atoms with van der Waals surface area (Å²) in [4.78, 5) is 8.24. The standard InChI is InChI=1S/C28H34N6O2S/c1-2-35-26-12-6-5-11-25(26)32-15-13-31(14-16-32)20-34-28(37)33(19-21-8-7-17-36-21)27(30-34)23-18-29-24-10-4-3-9-22(23)24/h3-6,9-12,18,21,29H,2,7-8,13-17,19-20H2,1H3/t21-/m1/s1. The van der Waals surface area contributed by atoms with Crippen LogP contribution in [0.3, 0.4) is 0 Å². The highest BCUT2D eigenvalue weighted by molar-refractivity contribution is 7.71. The van der Waals surface area contributed by atoms with Crippen LogP contribution in [0.5, 0.6) is 5.75 Å². The van der Waals surface area contributed by atoms with Crippen molar-refractivity contribution in [3.05, 3.63) is 59.5 Å². The summed E-state index contributed by atoms with van der Waals surface area (Å²) in [5.41, 5.74) is 3.35. The van der Waals surface area contributed by atoms with E-state index in [4.69, 9.17) is 26.8 Å². The number of hydrogen-bond donors (Lipinski definition) is 1. The minimum absolute atomic E-state index is 0.183. The van der Waals surface area contributed by atoms with Crippen LogP contribution in [-0.2, 0) is 18.0 Å². The fourth-order valence-corrected chi connectivity index (χ4v) is 5.72. The van der Waals surface area contributed by atoms with Crippen LogP contribution in [-0.4, -0.2) is 69.7 Å². The van der Waals surface area contributed by atoms with Gasteiger partial charge in [0, 0.05) is 55.4 Å². The highest BCUT2D eigenvalue weighted by atomic mass is 32.1. The molecule has 6 rings (SSSR count). The predicted molar refractivity (Wildman–Crippen MR) is 149 cm³/mol. The first-order chi connectivity index (χ1) is 18.2. The van der Waals surface area contributed by atoms with Gasteiger partial charge >= 0.3 is 0 Å². The van der Waals surface area contributed by atoms with E-state index in [0.29, 0.717) is 13.3 Å². The van der Waals surface area contributed by atoms with Crippen molar-refractivity contribution in [2.45, 2.75) is 39.1 Å².